The van der Waals surface area contributed by atoms with E-state index in [1.165, 1.54) is 23.1 Å². The molecule has 0 heterocycles. The molecule has 0 fully saturated rings. The minimum atomic E-state index is 0.496. The first-order valence-electron chi connectivity index (χ1n) is 6.40. The molecule has 1 rings (SSSR count). The third kappa shape index (κ3) is 3.08. The number of aryl methyl sites for hydroxylation is 2. The average molecular weight is 219 g/mol. The second-order valence-electron chi connectivity index (χ2n) is 4.78. The summed E-state index contributed by atoms with van der Waals surface area (Å²) in [5.41, 5.74) is 4.22. The molecule has 16 heavy (non-hydrogen) atoms. The molecule has 2 atom stereocenters. The maximum Gasteiger partial charge on any atom is 0.0348 e. The Morgan fingerprint density at radius 2 is 1.88 bits per heavy atom. The highest BCUT2D eigenvalue weighted by Crippen LogP contribution is 2.27. The molecule has 2 unspecified atom stereocenters. The van der Waals surface area contributed by atoms with Crippen LogP contribution in [0.3, 0.4) is 0 Å². The number of benzene rings is 1. The van der Waals surface area contributed by atoms with E-state index in [9.17, 15) is 0 Å². The van der Waals surface area contributed by atoms with Crippen LogP contribution >= 0.6 is 0 Å². The second kappa shape index (κ2) is 6.05. The quantitative estimate of drug-likeness (QED) is 0.789. The average Bonchev–Trinajstić information content (AvgIpc) is 2.26. The van der Waals surface area contributed by atoms with Crippen LogP contribution in [0.15, 0.2) is 18.2 Å². The van der Waals surface area contributed by atoms with Crippen molar-refractivity contribution < 1.29 is 0 Å². The smallest absolute Gasteiger partial charge is 0.0348 e. The molecule has 0 radical (unpaired) electrons. The molecule has 90 valence electrons. The molecular formula is C15H25N. The predicted octanol–water partition coefficient (Wildman–Crippen LogP) is 4.00. The van der Waals surface area contributed by atoms with Gasteiger partial charge in [-0.2, -0.15) is 0 Å². The van der Waals surface area contributed by atoms with E-state index in [0.29, 0.717) is 12.0 Å². The van der Waals surface area contributed by atoms with Crippen LogP contribution in [0.4, 0.5) is 0 Å². The normalized spacial score (nSPS) is 14.8. The lowest BCUT2D eigenvalue weighted by Gasteiger charge is -2.26. The molecule has 0 spiro atoms. The molecule has 0 bridgehead atoms. The van der Waals surface area contributed by atoms with Gasteiger partial charge in [0.25, 0.3) is 0 Å². The number of hydrogen-bond donors (Lipinski definition) is 1. The molecule has 1 nitrogen and oxygen atoms in total. The summed E-state index contributed by atoms with van der Waals surface area (Å²) in [4.78, 5) is 0. The van der Waals surface area contributed by atoms with E-state index in [0.717, 1.165) is 6.54 Å². The Hall–Kier alpha value is -0.820. The Morgan fingerprint density at radius 1 is 1.19 bits per heavy atom. The van der Waals surface area contributed by atoms with Gasteiger partial charge in [-0.1, -0.05) is 51.0 Å². The van der Waals surface area contributed by atoms with E-state index >= 15 is 0 Å². The van der Waals surface area contributed by atoms with Crippen LogP contribution in [-0.2, 0) is 0 Å². The summed E-state index contributed by atoms with van der Waals surface area (Å²) >= 11 is 0. The maximum absolute atomic E-state index is 3.61. The van der Waals surface area contributed by atoms with E-state index in [-0.39, 0.29) is 0 Å². The molecule has 0 aromatic heterocycles. The van der Waals surface area contributed by atoms with Crippen molar-refractivity contribution in [2.24, 2.45) is 5.92 Å². The SMILES string of the molecule is CCNC(c1ccc(C)cc1C)C(C)CC. The zero-order chi connectivity index (χ0) is 12.1. The highest BCUT2D eigenvalue weighted by atomic mass is 14.9. The number of nitrogens with one attached hydrogen (secondary N) is 1. The first-order chi connectivity index (χ1) is 7.60. The minimum Gasteiger partial charge on any atom is -0.310 e. The van der Waals surface area contributed by atoms with Gasteiger partial charge in [0.1, 0.15) is 0 Å². The van der Waals surface area contributed by atoms with Crippen molar-refractivity contribution in [2.75, 3.05) is 6.54 Å². The zero-order valence-corrected chi connectivity index (χ0v) is 11.3. The molecule has 1 N–H and O–H groups in total. The Kier molecular flexibility index (Phi) is 5.01. The van der Waals surface area contributed by atoms with Gasteiger partial charge in [0.05, 0.1) is 0 Å². The summed E-state index contributed by atoms with van der Waals surface area (Å²) in [5.74, 6) is 0.682. The topological polar surface area (TPSA) is 12.0 Å². The number of hydrogen-bond acceptors (Lipinski definition) is 1. The van der Waals surface area contributed by atoms with Crippen molar-refractivity contribution in [3.63, 3.8) is 0 Å². The van der Waals surface area contributed by atoms with Crippen LogP contribution in [0, 0.1) is 19.8 Å². The van der Waals surface area contributed by atoms with Crippen molar-refractivity contribution in [3.8, 4) is 0 Å². The summed E-state index contributed by atoms with van der Waals surface area (Å²) < 4.78 is 0. The van der Waals surface area contributed by atoms with E-state index in [4.69, 9.17) is 0 Å². The van der Waals surface area contributed by atoms with Gasteiger partial charge in [-0.15, -0.1) is 0 Å². The Morgan fingerprint density at radius 3 is 2.38 bits per heavy atom. The van der Waals surface area contributed by atoms with Crippen molar-refractivity contribution in [1.82, 2.24) is 5.32 Å². The van der Waals surface area contributed by atoms with Crippen LogP contribution in [0.5, 0.6) is 0 Å². The highest BCUT2D eigenvalue weighted by molar-refractivity contribution is 5.33. The monoisotopic (exact) mass is 219 g/mol. The predicted molar refractivity (Wildman–Crippen MR) is 71.8 cm³/mol. The first-order valence-corrected chi connectivity index (χ1v) is 6.40. The molecule has 0 amide bonds. The van der Waals surface area contributed by atoms with Gasteiger partial charge < -0.3 is 5.32 Å². The maximum atomic E-state index is 3.61. The standard InChI is InChI=1S/C15H25N/c1-6-12(4)15(16-7-2)14-9-8-11(3)10-13(14)5/h8-10,12,15-16H,6-7H2,1-5H3. The lowest BCUT2D eigenvalue weighted by Crippen LogP contribution is -2.27. The Labute approximate surface area is 100 Å². The fraction of sp³-hybridized carbons (Fsp3) is 0.600. The highest BCUT2D eigenvalue weighted by Gasteiger charge is 2.18. The summed E-state index contributed by atoms with van der Waals surface area (Å²) in [7, 11) is 0. The molecule has 0 aliphatic rings. The number of rotatable bonds is 5. The molecule has 0 saturated carbocycles. The van der Waals surface area contributed by atoms with Crippen molar-refractivity contribution in [1.29, 1.82) is 0 Å². The third-order valence-corrected chi connectivity index (χ3v) is 3.40. The lowest BCUT2D eigenvalue weighted by molar-refractivity contribution is 0.382. The Balaban J connectivity index is 3.00. The molecular weight excluding hydrogens is 194 g/mol. The largest absolute Gasteiger partial charge is 0.310 e. The van der Waals surface area contributed by atoms with Crippen LogP contribution in [-0.4, -0.2) is 6.54 Å². The van der Waals surface area contributed by atoms with Gasteiger partial charge in [-0.25, -0.2) is 0 Å². The fourth-order valence-corrected chi connectivity index (χ4v) is 2.25. The van der Waals surface area contributed by atoms with Gasteiger partial charge in [0.2, 0.25) is 0 Å². The fourth-order valence-electron chi connectivity index (χ4n) is 2.25. The van der Waals surface area contributed by atoms with Gasteiger partial charge in [0, 0.05) is 6.04 Å². The molecule has 1 aromatic carbocycles. The molecule has 1 aromatic rings. The summed E-state index contributed by atoms with van der Waals surface area (Å²) in [6, 6.07) is 7.27. The van der Waals surface area contributed by atoms with Gasteiger partial charge in [-0.05, 0) is 37.4 Å². The van der Waals surface area contributed by atoms with Gasteiger partial charge >= 0.3 is 0 Å². The van der Waals surface area contributed by atoms with E-state index in [1.807, 2.05) is 0 Å². The molecule has 1 heteroatoms. The van der Waals surface area contributed by atoms with E-state index in [2.05, 4.69) is 58.1 Å². The Bertz CT molecular complexity index is 330. The van der Waals surface area contributed by atoms with Crippen molar-refractivity contribution >= 4 is 0 Å². The summed E-state index contributed by atoms with van der Waals surface area (Å²) in [5, 5.41) is 3.61. The zero-order valence-electron chi connectivity index (χ0n) is 11.3. The van der Waals surface area contributed by atoms with Crippen LogP contribution in [0.1, 0.15) is 49.9 Å². The first kappa shape index (κ1) is 13.2. The van der Waals surface area contributed by atoms with Crippen LogP contribution in [0.2, 0.25) is 0 Å². The third-order valence-electron chi connectivity index (χ3n) is 3.40. The van der Waals surface area contributed by atoms with Crippen LogP contribution < -0.4 is 5.32 Å². The van der Waals surface area contributed by atoms with Crippen molar-refractivity contribution in [2.45, 2.75) is 47.1 Å². The van der Waals surface area contributed by atoms with E-state index in [1.54, 1.807) is 0 Å². The minimum absolute atomic E-state index is 0.496. The summed E-state index contributed by atoms with van der Waals surface area (Å²) in [6.07, 6.45) is 1.21. The molecule has 0 aliphatic heterocycles. The molecule has 0 aliphatic carbocycles. The van der Waals surface area contributed by atoms with Gasteiger partial charge in [-0.3, -0.25) is 0 Å². The summed E-state index contributed by atoms with van der Waals surface area (Å²) in [6.45, 7) is 12.2. The second-order valence-corrected chi connectivity index (χ2v) is 4.78. The molecule has 0 saturated heterocycles. The van der Waals surface area contributed by atoms with Crippen molar-refractivity contribution in [3.05, 3.63) is 34.9 Å². The van der Waals surface area contributed by atoms with E-state index < -0.39 is 0 Å². The lowest BCUT2D eigenvalue weighted by atomic mass is 9.89. The van der Waals surface area contributed by atoms with Gasteiger partial charge in [0.15, 0.2) is 0 Å². The van der Waals surface area contributed by atoms with Crippen LogP contribution in [0.25, 0.3) is 0 Å².